The van der Waals surface area contributed by atoms with Gasteiger partial charge in [0.25, 0.3) is 10.2 Å². The quantitative estimate of drug-likeness (QED) is 0.684. The average molecular weight is 278 g/mol. The molecule has 0 aromatic rings. The van der Waals surface area contributed by atoms with Crippen LogP contribution in [0, 0.1) is 0 Å². The topological polar surface area (TPSA) is 69.9 Å². The van der Waals surface area contributed by atoms with Gasteiger partial charge in [-0.1, -0.05) is 6.92 Å². The van der Waals surface area contributed by atoms with Crippen molar-refractivity contribution in [3.05, 3.63) is 0 Å². The molecule has 0 spiro atoms. The lowest BCUT2D eigenvalue weighted by Crippen LogP contribution is -2.52. The largest absolute Gasteiger partial charge is 0.330 e. The van der Waals surface area contributed by atoms with Gasteiger partial charge < -0.3 is 10.6 Å². The van der Waals surface area contributed by atoms with Crippen LogP contribution in [0.2, 0.25) is 0 Å². The fraction of sp³-hybridized carbons (Fsp3) is 1.00. The van der Waals surface area contributed by atoms with Crippen LogP contribution in [0.1, 0.15) is 19.8 Å². The first-order valence-corrected chi connectivity index (χ1v) is 8.06. The number of hydrogen-bond donors (Lipinski definition) is 1. The summed E-state index contributed by atoms with van der Waals surface area (Å²) in [4.78, 5) is 2.31. The third-order valence-electron chi connectivity index (χ3n) is 3.27. The molecule has 0 amide bonds. The van der Waals surface area contributed by atoms with E-state index in [0.29, 0.717) is 32.6 Å². The van der Waals surface area contributed by atoms with Gasteiger partial charge in [-0.05, 0) is 25.9 Å². The van der Waals surface area contributed by atoms with Crippen molar-refractivity contribution in [1.82, 2.24) is 13.5 Å². The van der Waals surface area contributed by atoms with Gasteiger partial charge >= 0.3 is 0 Å². The zero-order valence-electron chi connectivity index (χ0n) is 11.5. The minimum absolute atomic E-state index is 0.494. The highest BCUT2D eigenvalue weighted by Gasteiger charge is 2.29. The van der Waals surface area contributed by atoms with Crippen LogP contribution in [0.25, 0.3) is 0 Å². The molecule has 1 heterocycles. The molecular weight excluding hydrogens is 252 g/mol. The van der Waals surface area contributed by atoms with Crippen LogP contribution in [0.5, 0.6) is 0 Å². The fourth-order valence-electron chi connectivity index (χ4n) is 2.13. The standard InChI is InChI=1S/C11H26N4O2S/c1-3-6-14-8-10-15(11-9-14)18(16,17)13(2)7-4-5-12/h3-12H2,1-2H3. The zero-order valence-corrected chi connectivity index (χ0v) is 12.3. The Hall–Kier alpha value is -0.210. The van der Waals surface area contributed by atoms with E-state index in [1.54, 1.807) is 11.4 Å². The maximum absolute atomic E-state index is 12.2. The molecule has 6 nitrogen and oxygen atoms in total. The van der Waals surface area contributed by atoms with Crippen LogP contribution in [-0.2, 0) is 10.2 Å². The molecule has 0 radical (unpaired) electrons. The smallest absolute Gasteiger partial charge is 0.281 e. The normalized spacial score (nSPS) is 19.6. The van der Waals surface area contributed by atoms with E-state index < -0.39 is 10.2 Å². The molecule has 0 aromatic carbocycles. The molecule has 0 saturated carbocycles. The predicted molar refractivity (Wildman–Crippen MR) is 73.5 cm³/mol. The Labute approximate surface area is 111 Å². The minimum Gasteiger partial charge on any atom is -0.330 e. The van der Waals surface area contributed by atoms with Gasteiger partial charge in [-0.3, -0.25) is 0 Å². The minimum atomic E-state index is -3.29. The second-order valence-electron chi connectivity index (χ2n) is 4.71. The van der Waals surface area contributed by atoms with Crippen LogP contribution in [0.4, 0.5) is 0 Å². The van der Waals surface area contributed by atoms with Gasteiger partial charge in [0.05, 0.1) is 0 Å². The summed E-state index contributed by atoms with van der Waals surface area (Å²) in [5.74, 6) is 0. The molecule has 1 aliphatic heterocycles. The van der Waals surface area contributed by atoms with Gasteiger partial charge in [-0.2, -0.15) is 17.0 Å². The molecule has 1 rings (SSSR count). The van der Waals surface area contributed by atoms with E-state index in [9.17, 15) is 8.42 Å². The molecule has 0 atom stereocenters. The highest BCUT2D eigenvalue weighted by Crippen LogP contribution is 2.11. The number of nitrogens with two attached hydrogens (primary N) is 1. The molecule has 108 valence electrons. The summed E-state index contributed by atoms with van der Waals surface area (Å²) in [6.07, 6.45) is 1.81. The highest BCUT2D eigenvalue weighted by molar-refractivity contribution is 7.86. The maximum atomic E-state index is 12.2. The lowest BCUT2D eigenvalue weighted by Gasteiger charge is -2.35. The summed E-state index contributed by atoms with van der Waals surface area (Å²) in [7, 11) is -1.66. The number of nitrogens with zero attached hydrogens (tertiary/aromatic N) is 3. The number of hydrogen-bond acceptors (Lipinski definition) is 4. The molecule has 7 heteroatoms. The summed E-state index contributed by atoms with van der Waals surface area (Å²) in [5, 5.41) is 0. The van der Waals surface area contributed by atoms with Gasteiger partial charge in [-0.15, -0.1) is 0 Å². The Morgan fingerprint density at radius 3 is 2.33 bits per heavy atom. The Morgan fingerprint density at radius 2 is 1.83 bits per heavy atom. The number of piperazine rings is 1. The van der Waals surface area contributed by atoms with E-state index >= 15 is 0 Å². The first-order valence-electron chi connectivity index (χ1n) is 6.66. The Bertz CT molecular complexity index is 326. The second kappa shape index (κ2) is 7.40. The molecule has 0 unspecified atom stereocenters. The lowest BCUT2D eigenvalue weighted by atomic mass is 10.3. The Kier molecular flexibility index (Phi) is 6.51. The summed E-state index contributed by atoms with van der Waals surface area (Å²) >= 11 is 0. The highest BCUT2D eigenvalue weighted by atomic mass is 32.2. The Balaban J connectivity index is 2.49. The summed E-state index contributed by atoms with van der Waals surface area (Å²) < 4.78 is 27.5. The maximum Gasteiger partial charge on any atom is 0.281 e. The van der Waals surface area contributed by atoms with Gasteiger partial charge in [-0.25, -0.2) is 0 Å². The van der Waals surface area contributed by atoms with Crippen molar-refractivity contribution in [3.63, 3.8) is 0 Å². The molecule has 1 aliphatic rings. The van der Waals surface area contributed by atoms with Crippen LogP contribution in [-0.4, -0.2) is 74.8 Å². The molecule has 0 bridgehead atoms. The summed E-state index contributed by atoms with van der Waals surface area (Å²) in [5.41, 5.74) is 5.41. The summed E-state index contributed by atoms with van der Waals surface area (Å²) in [6, 6.07) is 0. The van der Waals surface area contributed by atoms with Crippen LogP contribution < -0.4 is 5.73 Å². The van der Waals surface area contributed by atoms with Crippen molar-refractivity contribution in [2.75, 3.05) is 52.9 Å². The molecular formula is C11H26N4O2S. The number of rotatable bonds is 7. The van der Waals surface area contributed by atoms with Crippen molar-refractivity contribution in [2.24, 2.45) is 5.73 Å². The zero-order chi connectivity index (χ0) is 13.6. The molecule has 2 N–H and O–H groups in total. The van der Waals surface area contributed by atoms with E-state index in [4.69, 9.17) is 5.73 Å². The first-order chi connectivity index (χ1) is 8.52. The summed E-state index contributed by atoms with van der Waals surface area (Å²) in [6.45, 7) is 7.05. The van der Waals surface area contributed by atoms with E-state index in [1.165, 1.54) is 4.31 Å². The van der Waals surface area contributed by atoms with Gasteiger partial charge in [0.15, 0.2) is 0 Å². The van der Waals surface area contributed by atoms with Gasteiger partial charge in [0.2, 0.25) is 0 Å². The third kappa shape index (κ3) is 4.17. The fourth-order valence-corrected chi connectivity index (χ4v) is 3.51. The lowest BCUT2D eigenvalue weighted by molar-refractivity contribution is 0.183. The van der Waals surface area contributed by atoms with Crippen LogP contribution >= 0.6 is 0 Å². The van der Waals surface area contributed by atoms with E-state index in [2.05, 4.69) is 11.8 Å². The van der Waals surface area contributed by atoms with Crippen molar-refractivity contribution in [1.29, 1.82) is 0 Å². The van der Waals surface area contributed by atoms with Gasteiger partial charge in [0, 0.05) is 39.8 Å². The van der Waals surface area contributed by atoms with E-state index in [-0.39, 0.29) is 0 Å². The Morgan fingerprint density at radius 1 is 1.22 bits per heavy atom. The first kappa shape index (κ1) is 15.8. The molecule has 18 heavy (non-hydrogen) atoms. The average Bonchev–Trinajstić information content (AvgIpc) is 2.37. The second-order valence-corrected chi connectivity index (χ2v) is 6.75. The third-order valence-corrected chi connectivity index (χ3v) is 5.26. The van der Waals surface area contributed by atoms with Crippen LogP contribution in [0.3, 0.4) is 0 Å². The van der Waals surface area contributed by atoms with Crippen molar-refractivity contribution < 1.29 is 8.42 Å². The monoisotopic (exact) mass is 278 g/mol. The molecule has 0 aromatic heterocycles. The van der Waals surface area contributed by atoms with E-state index in [1.807, 2.05) is 0 Å². The van der Waals surface area contributed by atoms with Crippen LogP contribution in [0.15, 0.2) is 0 Å². The predicted octanol–water partition coefficient (Wildman–Crippen LogP) is -0.461. The molecule has 1 fully saturated rings. The molecule has 1 saturated heterocycles. The molecule has 0 aliphatic carbocycles. The SMILES string of the molecule is CCCN1CCN(S(=O)(=O)N(C)CCCN)CC1. The van der Waals surface area contributed by atoms with Crippen molar-refractivity contribution in [3.8, 4) is 0 Å². The van der Waals surface area contributed by atoms with Crippen molar-refractivity contribution in [2.45, 2.75) is 19.8 Å². The van der Waals surface area contributed by atoms with Crippen molar-refractivity contribution >= 4 is 10.2 Å². The van der Waals surface area contributed by atoms with Gasteiger partial charge in [0.1, 0.15) is 0 Å². The van der Waals surface area contributed by atoms with E-state index in [0.717, 1.165) is 26.1 Å².